The number of rotatable bonds is 4. The monoisotopic (exact) mass is 308 g/mol. The first kappa shape index (κ1) is 18.3. The molecule has 0 atom stereocenters. The van der Waals surface area contributed by atoms with E-state index < -0.39 is 12.7 Å². The summed E-state index contributed by atoms with van der Waals surface area (Å²) in [6, 6.07) is 0. The Hall–Kier alpha value is -0.780. The maximum atomic E-state index is 12.5. The molecule has 0 bridgehead atoms. The van der Waals surface area contributed by atoms with Crippen molar-refractivity contribution in [3.05, 3.63) is 0 Å². The molecule has 21 heavy (non-hydrogen) atoms. The first-order valence-electron chi connectivity index (χ1n) is 7.60. The lowest BCUT2D eigenvalue weighted by Crippen LogP contribution is -2.45. The van der Waals surface area contributed by atoms with Crippen LogP contribution in [0.5, 0.6) is 0 Å². The minimum atomic E-state index is -4.37. The summed E-state index contributed by atoms with van der Waals surface area (Å²) in [6.07, 6.45) is -1.20. The Bertz CT molecular complexity index is 342. The van der Waals surface area contributed by atoms with Gasteiger partial charge in [0.1, 0.15) is 6.54 Å². The van der Waals surface area contributed by atoms with Crippen LogP contribution in [0.1, 0.15) is 46.5 Å². The second-order valence-electron chi connectivity index (χ2n) is 7.08. The lowest BCUT2D eigenvalue weighted by molar-refractivity contribution is -0.164. The average molecular weight is 308 g/mol. The molecule has 0 radical (unpaired) electrons. The quantitative estimate of drug-likeness (QED) is 0.867. The van der Waals surface area contributed by atoms with Gasteiger partial charge >= 0.3 is 6.18 Å². The maximum absolute atomic E-state index is 12.5. The van der Waals surface area contributed by atoms with E-state index in [0.717, 1.165) is 17.7 Å². The van der Waals surface area contributed by atoms with Gasteiger partial charge in [0.2, 0.25) is 5.91 Å². The van der Waals surface area contributed by atoms with Gasteiger partial charge in [-0.05, 0) is 37.0 Å². The summed E-state index contributed by atoms with van der Waals surface area (Å²) in [5.41, 5.74) is 5.52. The Labute approximate surface area is 125 Å². The van der Waals surface area contributed by atoms with Crippen molar-refractivity contribution < 1.29 is 18.0 Å². The van der Waals surface area contributed by atoms with Crippen LogP contribution in [-0.4, -0.2) is 36.6 Å². The van der Waals surface area contributed by atoms with Gasteiger partial charge in [-0.2, -0.15) is 13.2 Å². The Balaban J connectivity index is 2.61. The number of nitrogens with two attached hydrogens (primary N) is 1. The number of hydrogen-bond acceptors (Lipinski definition) is 2. The third-order valence-electron chi connectivity index (χ3n) is 4.38. The number of carbonyl (C=O) groups is 1. The highest BCUT2D eigenvalue weighted by atomic mass is 19.4. The average Bonchev–Trinajstić information content (AvgIpc) is 2.35. The zero-order valence-corrected chi connectivity index (χ0v) is 13.2. The second-order valence-corrected chi connectivity index (χ2v) is 7.08. The van der Waals surface area contributed by atoms with Crippen molar-refractivity contribution in [3.63, 3.8) is 0 Å². The molecule has 1 rings (SSSR count). The van der Waals surface area contributed by atoms with Crippen LogP contribution in [-0.2, 0) is 4.79 Å². The minimum absolute atomic E-state index is 0.0302. The molecule has 0 heterocycles. The lowest BCUT2D eigenvalue weighted by atomic mass is 9.69. The summed E-state index contributed by atoms with van der Waals surface area (Å²) in [5.74, 6) is -0.130. The number of carbonyl (C=O) groups excluding carboxylic acids is 1. The van der Waals surface area contributed by atoms with E-state index in [2.05, 4.69) is 20.8 Å². The van der Waals surface area contributed by atoms with E-state index in [1.54, 1.807) is 0 Å². The zero-order valence-electron chi connectivity index (χ0n) is 13.2. The van der Waals surface area contributed by atoms with Gasteiger partial charge in [-0.3, -0.25) is 4.79 Å². The molecule has 0 aromatic heterocycles. The molecule has 6 heteroatoms. The van der Waals surface area contributed by atoms with Crippen LogP contribution in [0.4, 0.5) is 13.2 Å². The molecular formula is C15H27F3N2O. The van der Waals surface area contributed by atoms with Gasteiger partial charge < -0.3 is 10.6 Å². The standard InChI is InChI=1S/C15H27F3N2O/c1-14(2,3)12-6-4-11(5-7-12)13(21)20(9-8-19)10-15(16,17)18/h11-12H,4-10,19H2,1-3H3. The van der Waals surface area contributed by atoms with E-state index in [1.807, 2.05) is 0 Å². The van der Waals surface area contributed by atoms with E-state index in [-0.39, 0.29) is 30.3 Å². The summed E-state index contributed by atoms with van der Waals surface area (Å²) in [4.78, 5) is 13.2. The zero-order chi connectivity index (χ0) is 16.3. The Morgan fingerprint density at radius 1 is 1.14 bits per heavy atom. The number of alkyl halides is 3. The molecule has 0 spiro atoms. The van der Waals surface area contributed by atoms with Gasteiger partial charge in [-0.1, -0.05) is 20.8 Å². The summed E-state index contributed by atoms with van der Waals surface area (Å²) in [6.45, 7) is 5.34. The van der Waals surface area contributed by atoms with Gasteiger partial charge in [0.25, 0.3) is 0 Å². The number of halogens is 3. The first-order valence-corrected chi connectivity index (χ1v) is 7.60. The highest BCUT2D eigenvalue weighted by molar-refractivity contribution is 5.79. The van der Waals surface area contributed by atoms with E-state index in [0.29, 0.717) is 18.8 Å². The summed E-state index contributed by atoms with van der Waals surface area (Å²) in [7, 11) is 0. The molecule has 0 saturated heterocycles. The second kappa shape index (κ2) is 6.99. The topological polar surface area (TPSA) is 46.3 Å². The van der Waals surface area contributed by atoms with Crippen molar-refractivity contribution in [2.24, 2.45) is 23.0 Å². The molecule has 1 aliphatic rings. The fourth-order valence-corrected chi connectivity index (χ4v) is 3.10. The maximum Gasteiger partial charge on any atom is 0.406 e. The summed E-state index contributed by atoms with van der Waals surface area (Å²) >= 11 is 0. The van der Waals surface area contributed by atoms with Crippen LogP contribution >= 0.6 is 0 Å². The molecule has 1 fully saturated rings. The Kier molecular flexibility index (Phi) is 6.08. The third-order valence-corrected chi connectivity index (χ3v) is 4.38. The van der Waals surface area contributed by atoms with Gasteiger partial charge in [0.05, 0.1) is 0 Å². The van der Waals surface area contributed by atoms with Gasteiger partial charge in [-0.25, -0.2) is 0 Å². The van der Waals surface area contributed by atoms with E-state index in [9.17, 15) is 18.0 Å². The lowest BCUT2D eigenvalue weighted by Gasteiger charge is -2.38. The molecule has 0 aromatic rings. The molecule has 1 saturated carbocycles. The van der Waals surface area contributed by atoms with Crippen LogP contribution < -0.4 is 5.73 Å². The fourth-order valence-electron chi connectivity index (χ4n) is 3.10. The third kappa shape index (κ3) is 5.85. The Morgan fingerprint density at radius 2 is 1.67 bits per heavy atom. The van der Waals surface area contributed by atoms with Crippen LogP contribution in [0.3, 0.4) is 0 Å². The molecule has 0 aromatic carbocycles. The van der Waals surface area contributed by atoms with Crippen molar-refractivity contribution in [1.29, 1.82) is 0 Å². The van der Waals surface area contributed by atoms with Gasteiger partial charge in [0, 0.05) is 19.0 Å². The normalized spacial score (nSPS) is 24.0. The molecular weight excluding hydrogens is 281 g/mol. The number of nitrogens with zero attached hydrogens (tertiary/aromatic N) is 1. The SMILES string of the molecule is CC(C)(C)C1CCC(C(=O)N(CCN)CC(F)(F)F)CC1. The molecule has 1 aliphatic carbocycles. The van der Waals surface area contributed by atoms with Crippen molar-refractivity contribution in [2.45, 2.75) is 52.6 Å². The van der Waals surface area contributed by atoms with E-state index in [4.69, 9.17) is 5.73 Å². The molecule has 124 valence electrons. The molecule has 0 unspecified atom stereocenters. The minimum Gasteiger partial charge on any atom is -0.332 e. The van der Waals surface area contributed by atoms with Crippen LogP contribution in [0.25, 0.3) is 0 Å². The predicted molar refractivity (Wildman–Crippen MR) is 76.6 cm³/mol. The summed E-state index contributed by atoms with van der Waals surface area (Å²) < 4.78 is 37.6. The molecule has 3 nitrogen and oxygen atoms in total. The van der Waals surface area contributed by atoms with Gasteiger partial charge in [-0.15, -0.1) is 0 Å². The number of amides is 1. The fraction of sp³-hybridized carbons (Fsp3) is 0.933. The summed E-state index contributed by atoms with van der Waals surface area (Å²) in [5, 5.41) is 0. The highest BCUT2D eigenvalue weighted by Crippen LogP contribution is 2.40. The van der Waals surface area contributed by atoms with Crippen LogP contribution in [0, 0.1) is 17.3 Å². The van der Waals surface area contributed by atoms with Gasteiger partial charge in [0.15, 0.2) is 0 Å². The number of hydrogen-bond donors (Lipinski definition) is 1. The van der Waals surface area contributed by atoms with Crippen LogP contribution in [0.2, 0.25) is 0 Å². The highest BCUT2D eigenvalue weighted by Gasteiger charge is 2.37. The molecule has 1 amide bonds. The Morgan fingerprint density at radius 3 is 2.05 bits per heavy atom. The molecule has 0 aliphatic heterocycles. The van der Waals surface area contributed by atoms with E-state index >= 15 is 0 Å². The van der Waals surface area contributed by atoms with Crippen molar-refractivity contribution in [1.82, 2.24) is 4.90 Å². The predicted octanol–water partition coefficient (Wildman–Crippen LogP) is 3.19. The largest absolute Gasteiger partial charge is 0.406 e. The van der Waals surface area contributed by atoms with Crippen LogP contribution in [0.15, 0.2) is 0 Å². The van der Waals surface area contributed by atoms with Crippen molar-refractivity contribution in [2.75, 3.05) is 19.6 Å². The smallest absolute Gasteiger partial charge is 0.332 e. The van der Waals surface area contributed by atoms with E-state index in [1.165, 1.54) is 0 Å². The van der Waals surface area contributed by atoms with Crippen molar-refractivity contribution >= 4 is 5.91 Å². The first-order chi connectivity index (χ1) is 9.54. The molecule has 2 N–H and O–H groups in total. The van der Waals surface area contributed by atoms with Crippen molar-refractivity contribution in [3.8, 4) is 0 Å².